The van der Waals surface area contributed by atoms with E-state index in [-0.39, 0.29) is 13.2 Å². The first-order chi connectivity index (χ1) is 32.0. The van der Waals surface area contributed by atoms with Crippen molar-refractivity contribution in [2.45, 2.75) is 125 Å². The summed E-state index contributed by atoms with van der Waals surface area (Å²) in [5, 5.41) is 8.41. The van der Waals surface area contributed by atoms with E-state index in [0.717, 1.165) is 31.4 Å². The predicted octanol–water partition coefficient (Wildman–Crippen LogP) is 8.50. The number of alkyl carbamates (subject to hydrolysis) is 3. The van der Waals surface area contributed by atoms with Gasteiger partial charge in [-0.2, -0.15) is 11.8 Å². The van der Waals surface area contributed by atoms with Crippen LogP contribution >= 0.6 is 11.8 Å². The summed E-state index contributed by atoms with van der Waals surface area (Å²) in [5.41, 5.74) is 0. The number of thioether (sulfide) groups is 1. The van der Waals surface area contributed by atoms with E-state index in [9.17, 15) is 14.4 Å². The Kier molecular flexibility index (Phi) is 41.6. The van der Waals surface area contributed by atoms with Crippen LogP contribution < -0.4 is 16.0 Å². The number of hydrogen-bond acceptors (Lipinski definition) is 16. The van der Waals surface area contributed by atoms with Gasteiger partial charge in [0.15, 0.2) is 0 Å². The molecule has 0 aliphatic rings. The highest BCUT2D eigenvalue weighted by Gasteiger charge is 2.41. The molecule has 1 atom stereocenters. The lowest BCUT2D eigenvalue weighted by atomic mass is 9.96. The molecule has 0 rings (SSSR count). The maximum absolute atomic E-state index is 12.4. The van der Waals surface area contributed by atoms with Crippen molar-refractivity contribution in [3.63, 3.8) is 0 Å². The molecule has 0 aliphatic carbocycles. The summed E-state index contributed by atoms with van der Waals surface area (Å²) in [4.78, 5) is 37.0. The quantitative estimate of drug-likeness (QED) is 0.0227. The van der Waals surface area contributed by atoms with Gasteiger partial charge in [-0.1, -0.05) is 24.3 Å². The third-order valence-electron chi connectivity index (χ3n) is 9.36. The second-order valence-electron chi connectivity index (χ2n) is 14.4. The van der Waals surface area contributed by atoms with Crippen LogP contribution in [0.5, 0.6) is 0 Å². The van der Waals surface area contributed by atoms with E-state index in [4.69, 9.17) is 54.0 Å². The number of amides is 3. The number of allylic oxidation sites excluding steroid dienone is 2. The van der Waals surface area contributed by atoms with Gasteiger partial charge in [-0.25, -0.2) is 14.4 Å². The van der Waals surface area contributed by atoms with Crippen LogP contribution in [0, 0.1) is 5.92 Å². The standard InChI is InChI=1S/C44H89N3O15SSi3/c1-10-54-64(55-11-2,56-12-3)38-24-30-45-42(48)51-33-22-19-20-27-41(28-21-23-34-52-43(49)46-31-25-39-65(57-13-4,58-14-5)59-15-6)29-36-63-37-35-53-44(50)47-32-26-40-66(60-16-7,61-17-8)62-18-9/h19,21-23,41H,10-18,20,24-40H2,1-9H3,(H,45,48)(H,46,49)(H,47,50)/b22-19+,23-21+. The van der Waals surface area contributed by atoms with Gasteiger partial charge in [-0.15, -0.1) is 0 Å². The van der Waals surface area contributed by atoms with Crippen molar-refractivity contribution in [1.29, 1.82) is 0 Å². The third kappa shape index (κ3) is 32.6. The lowest BCUT2D eigenvalue weighted by Gasteiger charge is -2.28. The molecule has 0 bridgehead atoms. The fourth-order valence-corrected chi connectivity index (χ4v) is 15.4. The zero-order valence-electron chi connectivity index (χ0n) is 42.0. The molecule has 0 aromatic rings. The molecule has 18 nitrogen and oxygen atoms in total. The molecule has 66 heavy (non-hydrogen) atoms. The molecule has 0 saturated carbocycles. The number of rotatable bonds is 45. The smallest absolute Gasteiger partial charge is 0.449 e. The molecular formula is C44H89N3O15SSi3. The summed E-state index contributed by atoms with van der Waals surface area (Å²) in [6.45, 7) is 23.8. The summed E-state index contributed by atoms with van der Waals surface area (Å²) in [5.74, 6) is 1.92. The van der Waals surface area contributed by atoms with Gasteiger partial charge < -0.3 is 70.0 Å². The molecule has 3 N–H and O–H groups in total. The van der Waals surface area contributed by atoms with Gasteiger partial charge in [-0.3, -0.25) is 0 Å². The molecule has 0 saturated heterocycles. The molecular weight excluding hydrogens is 927 g/mol. The summed E-state index contributed by atoms with van der Waals surface area (Å²) >= 11 is 1.73. The van der Waals surface area contributed by atoms with Crippen LogP contribution in [0.2, 0.25) is 18.1 Å². The lowest BCUT2D eigenvalue weighted by molar-refractivity contribution is 0.0699. The van der Waals surface area contributed by atoms with Crippen molar-refractivity contribution >= 4 is 56.5 Å². The highest BCUT2D eigenvalue weighted by molar-refractivity contribution is 7.99. The first-order valence-corrected chi connectivity index (χ1v) is 31.3. The van der Waals surface area contributed by atoms with E-state index < -0.39 is 44.7 Å². The van der Waals surface area contributed by atoms with Gasteiger partial charge in [0.2, 0.25) is 0 Å². The van der Waals surface area contributed by atoms with Crippen molar-refractivity contribution in [3.8, 4) is 0 Å². The summed E-state index contributed by atoms with van der Waals surface area (Å²) < 4.78 is 69.1. The second-order valence-corrected chi connectivity index (χ2v) is 23.8. The molecule has 22 heteroatoms. The van der Waals surface area contributed by atoms with E-state index in [1.165, 1.54) is 0 Å². The summed E-state index contributed by atoms with van der Waals surface area (Å²) in [7, 11) is -8.27. The number of nitrogens with one attached hydrogen (secondary N) is 3. The van der Waals surface area contributed by atoms with Crippen LogP contribution in [-0.4, -0.2) is 155 Å². The molecule has 0 spiro atoms. The van der Waals surface area contributed by atoms with Crippen molar-refractivity contribution in [1.82, 2.24) is 16.0 Å². The van der Waals surface area contributed by atoms with Crippen LogP contribution in [0.3, 0.4) is 0 Å². The molecule has 0 aromatic carbocycles. The summed E-state index contributed by atoms with van der Waals surface area (Å²) in [6.07, 6.45) is 11.8. The number of carbonyl (C=O) groups excluding carboxylic acids is 3. The third-order valence-corrected chi connectivity index (χ3v) is 19.8. The number of ether oxygens (including phenoxy) is 3. The van der Waals surface area contributed by atoms with Crippen LogP contribution in [-0.2, 0) is 54.0 Å². The Hall–Kier alpha value is -2.07. The molecule has 0 fully saturated rings. The monoisotopic (exact) mass is 1020 g/mol. The normalized spacial score (nSPS) is 12.7. The minimum absolute atomic E-state index is 0.157. The van der Waals surface area contributed by atoms with Crippen LogP contribution in [0.4, 0.5) is 14.4 Å². The highest BCUT2D eigenvalue weighted by Crippen LogP contribution is 2.22. The van der Waals surface area contributed by atoms with Crippen LogP contribution in [0.1, 0.15) is 107 Å². The largest absolute Gasteiger partial charge is 0.500 e. The first kappa shape index (κ1) is 63.9. The van der Waals surface area contributed by atoms with Crippen molar-refractivity contribution < 1.29 is 68.4 Å². The lowest BCUT2D eigenvalue weighted by Crippen LogP contribution is -2.46. The highest BCUT2D eigenvalue weighted by atomic mass is 32.2. The minimum atomic E-state index is -2.76. The molecule has 0 aromatic heterocycles. The Labute approximate surface area is 405 Å². The van der Waals surface area contributed by atoms with Gasteiger partial charge in [0.05, 0.1) is 0 Å². The molecule has 0 heterocycles. The van der Waals surface area contributed by atoms with E-state index in [2.05, 4.69) is 16.0 Å². The van der Waals surface area contributed by atoms with Gasteiger partial charge in [0, 0.05) is 103 Å². The molecule has 0 radical (unpaired) electrons. The first-order valence-electron chi connectivity index (χ1n) is 24.4. The Bertz CT molecular complexity index is 1210. The van der Waals surface area contributed by atoms with Crippen LogP contribution in [0.15, 0.2) is 24.3 Å². The van der Waals surface area contributed by atoms with Gasteiger partial charge in [0.1, 0.15) is 19.8 Å². The molecule has 0 aliphatic heterocycles. The fourth-order valence-electron chi connectivity index (χ4n) is 6.69. The van der Waals surface area contributed by atoms with Crippen molar-refractivity contribution in [2.75, 3.05) is 110 Å². The fraction of sp³-hybridized carbons (Fsp3) is 0.841. The van der Waals surface area contributed by atoms with E-state index in [0.29, 0.717) is 135 Å². The Morgan fingerprint density at radius 2 is 0.803 bits per heavy atom. The topological polar surface area (TPSA) is 198 Å². The molecule has 1 unspecified atom stereocenters. The minimum Gasteiger partial charge on any atom is -0.449 e. The molecule has 3 amide bonds. The van der Waals surface area contributed by atoms with Gasteiger partial charge in [-0.05, 0) is 119 Å². The van der Waals surface area contributed by atoms with E-state index in [1.54, 1.807) is 11.8 Å². The zero-order chi connectivity index (χ0) is 49.0. The second kappa shape index (κ2) is 43.0. The maximum atomic E-state index is 12.4. The average molecular weight is 1020 g/mol. The zero-order valence-corrected chi connectivity index (χ0v) is 45.8. The Balaban J connectivity index is 4.94. The Morgan fingerprint density at radius 1 is 0.455 bits per heavy atom. The van der Waals surface area contributed by atoms with E-state index in [1.807, 2.05) is 86.6 Å². The summed E-state index contributed by atoms with van der Waals surface area (Å²) in [6, 6.07) is 1.83. The van der Waals surface area contributed by atoms with Gasteiger partial charge in [0.25, 0.3) is 0 Å². The van der Waals surface area contributed by atoms with E-state index >= 15 is 0 Å². The van der Waals surface area contributed by atoms with Crippen LogP contribution in [0.25, 0.3) is 0 Å². The van der Waals surface area contributed by atoms with Crippen molar-refractivity contribution in [2.24, 2.45) is 5.92 Å². The van der Waals surface area contributed by atoms with Gasteiger partial charge >= 0.3 is 44.7 Å². The predicted molar refractivity (Wildman–Crippen MR) is 266 cm³/mol. The molecule has 388 valence electrons. The SMILES string of the molecule is CCO[Si](CCCNC(=O)OC/C=C/CCC(C/C=C/COC(=O)NCCC[Si](OCC)(OCC)OCC)CCSCCOC(=O)NCCC[Si](OCC)(OCC)OCC)(OCC)OCC. The number of hydrogen-bond donors (Lipinski definition) is 3. The average Bonchev–Trinajstić information content (AvgIpc) is 3.28. The number of carbonyl (C=O) groups is 3. The Morgan fingerprint density at radius 3 is 1.17 bits per heavy atom. The maximum Gasteiger partial charge on any atom is 0.500 e. The van der Waals surface area contributed by atoms with Crippen molar-refractivity contribution in [3.05, 3.63) is 24.3 Å².